The van der Waals surface area contributed by atoms with Crippen molar-refractivity contribution in [3.63, 3.8) is 0 Å². The molecule has 0 N–H and O–H groups in total. The second kappa shape index (κ2) is 8.84. The van der Waals surface area contributed by atoms with Gasteiger partial charge < -0.3 is 9.64 Å². The maximum atomic E-state index is 13.1. The number of ether oxygens (including phenoxy) is 1. The van der Waals surface area contributed by atoms with E-state index >= 15 is 0 Å². The summed E-state index contributed by atoms with van der Waals surface area (Å²) in [5, 5.41) is 4.92. The van der Waals surface area contributed by atoms with Crippen LogP contribution < -0.4 is 4.74 Å². The maximum absolute atomic E-state index is 13.1. The van der Waals surface area contributed by atoms with Gasteiger partial charge in [0.1, 0.15) is 17.4 Å². The smallest absolute Gasteiger partial charge is 0.293 e. The zero-order chi connectivity index (χ0) is 20.1. The summed E-state index contributed by atoms with van der Waals surface area (Å²) >= 11 is 5.84. The van der Waals surface area contributed by atoms with Gasteiger partial charge in [0.15, 0.2) is 0 Å². The molecule has 0 aliphatic rings. The van der Waals surface area contributed by atoms with E-state index < -0.39 is 0 Å². The maximum Gasteiger partial charge on any atom is 0.293 e. The Hall–Kier alpha value is -2.93. The van der Waals surface area contributed by atoms with Crippen LogP contribution in [-0.4, -0.2) is 45.8 Å². The van der Waals surface area contributed by atoms with Gasteiger partial charge in [-0.1, -0.05) is 11.6 Å². The Labute approximate surface area is 167 Å². The normalized spacial score (nSPS) is 10.7. The fourth-order valence-electron chi connectivity index (χ4n) is 2.60. The van der Waals surface area contributed by atoms with E-state index in [0.717, 1.165) is 5.75 Å². The molecule has 0 atom stereocenters. The lowest BCUT2D eigenvalue weighted by Crippen LogP contribution is -2.29. The second-order valence-corrected chi connectivity index (χ2v) is 6.69. The van der Waals surface area contributed by atoms with Crippen LogP contribution in [0.25, 0.3) is 5.69 Å². The van der Waals surface area contributed by atoms with Crippen LogP contribution in [0, 0.1) is 12.7 Å². The molecule has 1 heterocycles. The van der Waals surface area contributed by atoms with Crippen molar-refractivity contribution < 1.29 is 13.9 Å². The molecule has 0 aliphatic heterocycles. The molecule has 8 heteroatoms. The first-order valence-electron chi connectivity index (χ1n) is 8.77. The molecule has 2 aromatic carbocycles. The first-order valence-corrected chi connectivity index (χ1v) is 9.15. The minimum absolute atomic E-state index is 0.0999. The number of rotatable bonds is 7. The number of carbonyl (C=O) groups is 1. The fraction of sp³-hybridized carbons (Fsp3) is 0.250. The van der Waals surface area contributed by atoms with Gasteiger partial charge in [-0.3, -0.25) is 4.79 Å². The Bertz CT molecular complexity index is 942. The number of hydrogen-bond acceptors (Lipinski definition) is 4. The van der Waals surface area contributed by atoms with Crippen LogP contribution in [0.15, 0.2) is 48.5 Å². The van der Waals surface area contributed by atoms with Gasteiger partial charge in [-0.05, 0) is 61.9 Å². The van der Waals surface area contributed by atoms with E-state index in [1.807, 2.05) is 0 Å². The summed E-state index contributed by atoms with van der Waals surface area (Å²) in [4.78, 5) is 18.4. The number of carbonyl (C=O) groups excluding carboxylic acids is 1. The van der Waals surface area contributed by atoms with Crippen molar-refractivity contribution in [1.82, 2.24) is 19.7 Å². The summed E-state index contributed by atoms with van der Waals surface area (Å²) in [5.74, 6) is 0.764. The number of benzene rings is 2. The van der Waals surface area contributed by atoms with Crippen molar-refractivity contribution in [3.8, 4) is 11.4 Å². The second-order valence-electron chi connectivity index (χ2n) is 6.25. The third-order valence-corrected chi connectivity index (χ3v) is 4.35. The van der Waals surface area contributed by atoms with Crippen LogP contribution in [0.2, 0.25) is 5.02 Å². The van der Waals surface area contributed by atoms with E-state index in [-0.39, 0.29) is 17.5 Å². The molecule has 0 unspecified atom stereocenters. The Morgan fingerprint density at radius 1 is 1.18 bits per heavy atom. The van der Waals surface area contributed by atoms with E-state index in [0.29, 0.717) is 36.1 Å². The largest absolute Gasteiger partial charge is 0.494 e. The van der Waals surface area contributed by atoms with E-state index in [9.17, 15) is 9.18 Å². The molecule has 0 aliphatic carbocycles. The van der Waals surface area contributed by atoms with E-state index in [2.05, 4.69) is 10.1 Å². The van der Waals surface area contributed by atoms with Crippen LogP contribution in [0.3, 0.4) is 0 Å². The lowest BCUT2D eigenvalue weighted by Gasteiger charge is -2.15. The number of halogens is 2. The van der Waals surface area contributed by atoms with Gasteiger partial charge in [-0.2, -0.15) is 0 Å². The molecule has 0 fully saturated rings. The minimum atomic E-state index is -0.335. The van der Waals surface area contributed by atoms with Crippen LogP contribution in [0.1, 0.15) is 22.9 Å². The number of nitrogens with zero attached hydrogens (tertiary/aromatic N) is 4. The van der Waals surface area contributed by atoms with E-state index in [4.69, 9.17) is 16.3 Å². The molecule has 0 saturated carbocycles. The molecule has 0 spiro atoms. The number of amides is 1. The van der Waals surface area contributed by atoms with Crippen molar-refractivity contribution in [3.05, 3.63) is 71.0 Å². The van der Waals surface area contributed by atoms with Crippen molar-refractivity contribution in [2.45, 2.75) is 13.3 Å². The Kier molecular flexibility index (Phi) is 6.26. The van der Waals surface area contributed by atoms with Gasteiger partial charge in [0.25, 0.3) is 5.91 Å². The SMILES string of the molecule is Cc1nc(C(=O)N(C)CCCOc2ccc(Cl)cc2)nn1-c1ccc(F)cc1. The number of hydrogen-bond donors (Lipinski definition) is 0. The van der Waals surface area contributed by atoms with Gasteiger partial charge in [0.05, 0.1) is 12.3 Å². The molecule has 3 rings (SSSR count). The molecule has 1 aromatic heterocycles. The average molecular weight is 403 g/mol. The molecule has 146 valence electrons. The molecular formula is C20H20ClFN4O2. The Morgan fingerprint density at radius 3 is 2.54 bits per heavy atom. The highest BCUT2D eigenvalue weighted by molar-refractivity contribution is 6.30. The summed E-state index contributed by atoms with van der Waals surface area (Å²) in [6.45, 7) is 2.71. The Balaban J connectivity index is 1.55. The molecular weight excluding hydrogens is 383 g/mol. The molecule has 3 aromatic rings. The van der Waals surface area contributed by atoms with Crippen LogP contribution in [0.5, 0.6) is 5.75 Å². The van der Waals surface area contributed by atoms with E-state index in [1.54, 1.807) is 55.3 Å². The molecule has 28 heavy (non-hydrogen) atoms. The lowest BCUT2D eigenvalue weighted by atomic mass is 10.3. The summed E-state index contributed by atoms with van der Waals surface area (Å²) in [6.07, 6.45) is 0.655. The van der Waals surface area contributed by atoms with Crippen LogP contribution in [0.4, 0.5) is 4.39 Å². The summed E-state index contributed by atoms with van der Waals surface area (Å²) in [6, 6.07) is 13.0. The predicted molar refractivity (Wildman–Crippen MR) is 105 cm³/mol. The van der Waals surface area contributed by atoms with Gasteiger partial charge >= 0.3 is 0 Å². The Morgan fingerprint density at radius 2 is 1.86 bits per heavy atom. The predicted octanol–water partition coefficient (Wildman–Crippen LogP) is 3.91. The highest BCUT2D eigenvalue weighted by Crippen LogP contribution is 2.16. The fourth-order valence-corrected chi connectivity index (χ4v) is 2.73. The van der Waals surface area contributed by atoms with Gasteiger partial charge in [-0.25, -0.2) is 14.1 Å². The third kappa shape index (κ3) is 4.86. The summed E-state index contributed by atoms with van der Waals surface area (Å²) in [5.41, 5.74) is 0.643. The summed E-state index contributed by atoms with van der Waals surface area (Å²) in [7, 11) is 1.69. The number of aryl methyl sites for hydroxylation is 1. The van der Waals surface area contributed by atoms with Crippen molar-refractivity contribution in [1.29, 1.82) is 0 Å². The van der Waals surface area contributed by atoms with E-state index in [1.165, 1.54) is 16.8 Å². The third-order valence-electron chi connectivity index (χ3n) is 4.10. The monoisotopic (exact) mass is 402 g/mol. The average Bonchev–Trinajstić information content (AvgIpc) is 3.08. The molecule has 0 saturated heterocycles. The first kappa shape index (κ1) is 19.8. The topological polar surface area (TPSA) is 60.3 Å². The standard InChI is InChI=1S/C20H20ClFN4O2/c1-14-23-19(24-26(14)17-8-6-16(22)7-9-17)20(27)25(2)12-3-13-28-18-10-4-15(21)5-11-18/h4-11H,3,12-13H2,1-2H3. The summed E-state index contributed by atoms with van der Waals surface area (Å²) < 4.78 is 20.2. The van der Waals surface area contributed by atoms with Crippen LogP contribution >= 0.6 is 11.6 Å². The van der Waals surface area contributed by atoms with Crippen molar-refractivity contribution in [2.75, 3.05) is 20.2 Å². The highest BCUT2D eigenvalue weighted by Gasteiger charge is 2.19. The molecule has 0 radical (unpaired) electrons. The zero-order valence-electron chi connectivity index (χ0n) is 15.6. The minimum Gasteiger partial charge on any atom is -0.494 e. The molecule has 6 nitrogen and oxygen atoms in total. The quantitative estimate of drug-likeness (QED) is 0.562. The number of aromatic nitrogens is 3. The van der Waals surface area contributed by atoms with Crippen LogP contribution in [-0.2, 0) is 0 Å². The van der Waals surface area contributed by atoms with Crippen molar-refractivity contribution >= 4 is 17.5 Å². The zero-order valence-corrected chi connectivity index (χ0v) is 16.4. The van der Waals surface area contributed by atoms with Gasteiger partial charge in [0, 0.05) is 18.6 Å². The highest BCUT2D eigenvalue weighted by atomic mass is 35.5. The molecule has 1 amide bonds. The van der Waals surface area contributed by atoms with Gasteiger partial charge in [0.2, 0.25) is 5.82 Å². The lowest BCUT2D eigenvalue weighted by molar-refractivity contribution is 0.0776. The van der Waals surface area contributed by atoms with Crippen molar-refractivity contribution in [2.24, 2.45) is 0 Å². The molecule has 0 bridgehead atoms. The first-order chi connectivity index (χ1) is 13.4. The van der Waals surface area contributed by atoms with Gasteiger partial charge in [-0.15, -0.1) is 5.10 Å².